The standard InChI is InChI=1S/C23H23NO6S2/c1-14-7-5-6-8-19(14)32(28,29)24-17-13-18(15-9-11-16(12-10-15)21(25)26)31-20(17)22(27)30-23(2,3)4/h5-13,24H,1-4H3,(H,25,26). The normalized spacial score (nSPS) is 11.8. The number of aryl methyl sites for hydroxylation is 1. The number of carboxylic acids is 1. The van der Waals surface area contributed by atoms with Gasteiger partial charge < -0.3 is 9.84 Å². The molecule has 0 fully saturated rings. The van der Waals surface area contributed by atoms with Crippen LogP contribution in [-0.2, 0) is 14.8 Å². The molecule has 0 spiro atoms. The van der Waals surface area contributed by atoms with E-state index in [-0.39, 0.29) is 21.0 Å². The highest BCUT2D eigenvalue weighted by atomic mass is 32.2. The van der Waals surface area contributed by atoms with Gasteiger partial charge in [0.25, 0.3) is 10.0 Å². The van der Waals surface area contributed by atoms with Gasteiger partial charge >= 0.3 is 11.9 Å². The van der Waals surface area contributed by atoms with E-state index in [9.17, 15) is 18.0 Å². The smallest absolute Gasteiger partial charge is 0.351 e. The Hall–Kier alpha value is -3.17. The number of hydrogen-bond donors (Lipinski definition) is 2. The molecule has 0 aliphatic heterocycles. The van der Waals surface area contributed by atoms with Crippen molar-refractivity contribution in [1.82, 2.24) is 0 Å². The van der Waals surface area contributed by atoms with Gasteiger partial charge in [-0.05, 0) is 63.1 Å². The van der Waals surface area contributed by atoms with Crippen LogP contribution in [0.15, 0.2) is 59.5 Å². The molecular weight excluding hydrogens is 450 g/mol. The zero-order valence-electron chi connectivity index (χ0n) is 18.0. The third-order valence-corrected chi connectivity index (χ3v) is 7.05. The van der Waals surface area contributed by atoms with E-state index in [4.69, 9.17) is 9.84 Å². The fraction of sp³-hybridized carbons (Fsp3) is 0.217. The lowest BCUT2D eigenvalue weighted by atomic mass is 10.1. The average Bonchev–Trinajstić information content (AvgIpc) is 3.10. The Kier molecular flexibility index (Phi) is 6.43. The molecule has 9 heteroatoms. The Morgan fingerprint density at radius 1 is 1.03 bits per heavy atom. The molecule has 2 N–H and O–H groups in total. The fourth-order valence-corrected chi connectivity index (χ4v) is 5.29. The molecular formula is C23H23NO6S2. The zero-order chi connectivity index (χ0) is 23.7. The molecule has 168 valence electrons. The second kappa shape index (κ2) is 8.76. The van der Waals surface area contributed by atoms with Crippen molar-refractivity contribution in [2.24, 2.45) is 0 Å². The zero-order valence-corrected chi connectivity index (χ0v) is 19.6. The molecule has 3 aromatic rings. The Morgan fingerprint density at radius 2 is 1.66 bits per heavy atom. The summed E-state index contributed by atoms with van der Waals surface area (Å²) in [6.45, 7) is 6.86. The number of esters is 1. The Bertz CT molecular complexity index is 1270. The molecule has 7 nitrogen and oxygen atoms in total. The van der Waals surface area contributed by atoms with Crippen LogP contribution in [0.1, 0.15) is 46.4 Å². The number of hydrogen-bond acceptors (Lipinski definition) is 6. The number of rotatable bonds is 6. The van der Waals surface area contributed by atoms with Gasteiger partial charge in [-0.2, -0.15) is 0 Å². The molecule has 0 aliphatic rings. The maximum absolute atomic E-state index is 13.0. The summed E-state index contributed by atoms with van der Waals surface area (Å²) in [4.78, 5) is 24.7. The lowest BCUT2D eigenvalue weighted by Crippen LogP contribution is -2.24. The minimum Gasteiger partial charge on any atom is -0.478 e. The van der Waals surface area contributed by atoms with Crippen molar-refractivity contribution in [3.63, 3.8) is 0 Å². The average molecular weight is 474 g/mol. The molecule has 32 heavy (non-hydrogen) atoms. The first-order valence-corrected chi connectivity index (χ1v) is 12.0. The summed E-state index contributed by atoms with van der Waals surface area (Å²) >= 11 is 1.07. The molecule has 3 rings (SSSR count). The quantitative estimate of drug-likeness (QED) is 0.478. The van der Waals surface area contributed by atoms with Crippen LogP contribution in [0.5, 0.6) is 0 Å². The number of carbonyl (C=O) groups excluding carboxylic acids is 1. The third kappa shape index (κ3) is 5.35. The molecule has 0 amide bonds. The highest BCUT2D eigenvalue weighted by Crippen LogP contribution is 2.37. The minimum absolute atomic E-state index is 0.102. The van der Waals surface area contributed by atoms with Gasteiger partial charge in [-0.1, -0.05) is 30.3 Å². The van der Waals surface area contributed by atoms with E-state index < -0.39 is 27.6 Å². The van der Waals surface area contributed by atoms with E-state index >= 15 is 0 Å². The molecule has 0 aliphatic carbocycles. The predicted octanol–water partition coefficient (Wildman–Crippen LogP) is 5.18. The number of aromatic carboxylic acids is 1. The first-order chi connectivity index (χ1) is 14.9. The van der Waals surface area contributed by atoms with Gasteiger partial charge in [0.1, 0.15) is 10.5 Å². The van der Waals surface area contributed by atoms with Gasteiger partial charge in [0.2, 0.25) is 0 Å². The van der Waals surface area contributed by atoms with Gasteiger partial charge in [-0.15, -0.1) is 11.3 Å². The SMILES string of the molecule is Cc1ccccc1S(=O)(=O)Nc1cc(-c2ccc(C(=O)O)cc2)sc1C(=O)OC(C)(C)C. The van der Waals surface area contributed by atoms with Crippen molar-refractivity contribution in [1.29, 1.82) is 0 Å². The van der Waals surface area contributed by atoms with Crippen LogP contribution in [0.3, 0.4) is 0 Å². The Morgan fingerprint density at radius 3 is 2.22 bits per heavy atom. The van der Waals surface area contributed by atoms with Crippen LogP contribution in [0, 0.1) is 6.92 Å². The maximum atomic E-state index is 13.0. The number of ether oxygens (including phenoxy) is 1. The number of anilines is 1. The van der Waals surface area contributed by atoms with Crippen LogP contribution in [0.2, 0.25) is 0 Å². The van der Waals surface area contributed by atoms with Gasteiger partial charge in [0, 0.05) is 4.88 Å². The molecule has 1 aromatic heterocycles. The van der Waals surface area contributed by atoms with Crippen molar-refractivity contribution in [2.75, 3.05) is 4.72 Å². The number of nitrogens with one attached hydrogen (secondary N) is 1. The Labute approximate surface area is 190 Å². The number of carbonyl (C=O) groups is 2. The summed E-state index contributed by atoms with van der Waals surface area (Å²) in [5, 5.41) is 9.10. The van der Waals surface area contributed by atoms with E-state index in [1.54, 1.807) is 64.1 Å². The molecule has 0 unspecified atom stereocenters. The predicted molar refractivity (Wildman–Crippen MR) is 124 cm³/mol. The topological polar surface area (TPSA) is 110 Å². The van der Waals surface area contributed by atoms with Crippen LogP contribution in [0.25, 0.3) is 10.4 Å². The highest BCUT2D eigenvalue weighted by molar-refractivity contribution is 7.92. The molecule has 0 saturated heterocycles. The van der Waals surface area contributed by atoms with Crippen molar-refractivity contribution in [2.45, 2.75) is 38.2 Å². The largest absolute Gasteiger partial charge is 0.478 e. The molecule has 2 aromatic carbocycles. The number of carboxylic acid groups (broad SMARTS) is 1. The highest BCUT2D eigenvalue weighted by Gasteiger charge is 2.27. The third-order valence-electron chi connectivity index (χ3n) is 4.36. The van der Waals surface area contributed by atoms with Crippen LogP contribution < -0.4 is 4.72 Å². The monoisotopic (exact) mass is 473 g/mol. The molecule has 0 atom stereocenters. The van der Waals surface area contributed by atoms with Crippen LogP contribution in [0.4, 0.5) is 5.69 Å². The fourth-order valence-electron chi connectivity index (χ4n) is 2.92. The van der Waals surface area contributed by atoms with Crippen molar-refractivity contribution >= 4 is 39.0 Å². The van der Waals surface area contributed by atoms with Crippen LogP contribution in [-0.4, -0.2) is 31.1 Å². The van der Waals surface area contributed by atoms with E-state index in [2.05, 4.69) is 4.72 Å². The van der Waals surface area contributed by atoms with E-state index in [0.717, 1.165) is 11.3 Å². The minimum atomic E-state index is -3.96. The first-order valence-electron chi connectivity index (χ1n) is 9.67. The summed E-state index contributed by atoms with van der Waals surface area (Å²) in [5.41, 5.74) is 0.670. The van der Waals surface area contributed by atoms with E-state index in [1.165, 1.54) is 18.2 Å². The first kappa shape index (κ1) is 23.5. The van der Waals surface area contributed by atoms with Gasteiger partial charge in [-0.3, -0.25) is 4.72 Å². The van der Waals surface area contributed by atoms with E-state index in [0.29, 0.717) is 16.0 Å². The van der Waals surface area contributed by atoms with Gasteiger partial charge in [0.15, 0.2) is 0 Å². The number of sulfonamides is 1. The summed E-state index contributed by atoms with van der Waals surface area (Å²) in [5.74, 6) is -1.71. The summed E-state index contributed by atoms with van der Waals surface area (Å²) in [7, 11) is -3.96. The van der Waals surface area contributed by atoms with Crippen molar-refractivity contribution in [3.05, 3.63) is 70.6 Å². The Balaban J connectivity index is 2.06. The van der Waals surface area contributed by atoms with Crippen LogP contribution >= 0.6 is 11.3 Å². The number of thiophene rings is 1. The van der Waals surface area contributed by atoms with Gasteiger partial charge in [-0.25, -0.2) is 18.0 Å². The van der Waals surface area contributed by atoms with E-state index in [1.807, 2.05) is 0 Å². The lowest BCUT2D eigenvalue weighted by Gasteiger charge is -2.19. The molecule has 0 radical (unpaired) electrons. The second-order valence-electron chi connectivity index (χ2n) is 8.11. The summed E-state index contributed by atoms with van der Waals surface area (Å²) < 4.78 is 34.0. The van der Waals surface area contributed by atoms with Crippen molar-refractivity contribution in [3.8, 4) is 10.4 Å². The molecule has 0 bridgehead atoms. The summed E-state index contributed by atoms with van der Waals surface area (Å²) in [6, 6.07) is 14.2. The molecule has 0 saturated carbocycles. The van der Waals surface area contributed by atoms with Gasteiger partial charge in [0.05, 0.1) is 16.1 Å². The summed E-state index contributed by atoms with van der Waals surface area (Å²) in [6.07, 6.45) is 0. The second-order valence-corrected chi connectivity index (χ2v) is 10.8. The lowest BCUT2D eigenvalue weighted by molar-refractivity contribution is 0.00761. The molecule has 1 heterocycles. The van der Waals surface area contributed by atoms with Crippen molar-refractivity contribution < 1.29 is 27.9 Å². The maximum Gasteiger partial charge on any atom is 0.351 e. The number of benzene rings is 2.